The lowest BCUT2D eigenvalue weighted by molar-refractivity contribution is -0.148. The van der Waals surface area contributed by atoms with E-state index in [4.69, 9.17) is 30.3 Å². The molecule has 0 saturated carbocycles. The number of piperazine rings is 1. The average molecular weight is 624 g/mol. The fraction of sp³-hybridized carbons (Fsp3) is 0.300. The van der Waals surface area contributed by atoms with E-state index < -0.39 is 41.4 Å². The maximum Gasteiger partial charge on any atom is 0.307 e. The SMILES string of the molecule is CCOC(=O)CC1C(=O)NCCN1C1CN(C)C(c2ccccc2Oc2c(F)cnc(Oc3cc(C(=N)N)ccc3O)c2F)=N1. The number of para-hydroxylation sites is 1. The summed E-state index contributed by atoms with van der Waals surface area (Å²) in [5.41, 5.74) is 6.10. The first kappa shape index (κ1) is 31.1. The molecule has 5 N–H and O–H groups in total. The second kappa shape index (κ2) is 13.1. The first-order valence-electron chi connectivity index (χ1n) is 14.0. The number of carbonyl (C=O) groups excluding carboxylic acids is 2. The molecule has 2 aromatic carbocycles. The van der Waals surface area contributed by atoms with Gasteiger partial charge < -0.3 is 35.3 Å². The number of esters is 1. The van der Waals surface area contributed by atoms with Crippen LogP contribution < -0.4 is 20.5 Å². The number of phenols is 1. The lowest BCUT2D eigenvalue weighted by Crippen LogP contribution is -2.59. The molecule has 3 aromatic rings. The minimum Gasteiger partial charge on any atom is -0.504 e. The van der Waals surface area contributed by atoms with Gasteiger partial charge in [0.25, 0.3) is 5.88 Å². The molecule has 0 bridgehead atoms. The summed E-state index contributed by atoms with van der Waals surface area (Å²) in [4.78, 5) is 37.1. The Labute approximate surface area is 256 Å². The third-order valence-corrected chi connectivity index (χ3v) is 7.21. The molecule has 45 heavy (non-hydrogen) atoms. The Balaban J connectivity index is 1.43. The molecule has 3 heterocycles. The molecule has 0 radical (unpaired) electrons. The van der Waals surface area contributed by atoms with E-state index in [0.717, 1.165) is 0 Å². The number of halogens is 2. The van der Waals surface area contributed by atoms with Crippen molar-refractivity contribution < 1.29 is 37.7 Å². The van der Waals surface area contributed by atoms with E-state index in [-0.39, 0.29) is 47.6 Å². The zero-order valence-electron chi connectivity index (χ0n) is 24.4. The molecule has 2 aliphatic heterocycles. The molecule has 0 spiro atoms. The fourth-order valence-electron chi connectivity index (χ4n) is 5.06. The van der Waals surface area contributed by atoms with Crippen LogP contribution in [0.3, 0.4) is 0 Å². The molecule has 1 saturated heterocycles. The second-order valence-electron chi connectivity index (χ2n) is 10.2. The van der Waals surface area contributed by atoms with Crippen molar-refractivity contribution in [2.45, 2.75) is 25.6 Å². The number of hydrogen-bond acceptors (Lipinski definition) is 11. The van der Waals surface area contributed by atoms with Gasteiger partial charge >= 0.3 is 5.97 Å². The van der Waals surface area contributed by atoms with Gasteiger partial charge in [-0.3, -0.25) is 19.9 Å². The van der Waals surface area contributed by atoms with E-state index >= 15 is 4.39 Å². The van der Waals surface area contributed by atoms with Crippen molar-refractivity contribution in [2.75, 3.05) is 33.3 Å². The first-order chi connectivity index (χ1) is 21.6. The van der Waals surface area contributed by atoms with Crippen LogP contribution in [0.2, 0.25) is 0 Å². The Morgan fingerprint density at radius 3 is 2.73 bits per heavy atom. The molecule has 1 amide bonds. The van der Waals surface area contributed by atoms with Gasteiger partial charge in [-0.15, -0.1) is 0 Å². The molecule has 236 valence electrons. The van der Waals surface area contributed by atoms with Crippen LogP contribution in [-0.4, -0.2) is 88.9 Å². The molecule has 5 rings (SSSR count). The lowest BCUT2D eigenvalue weighted by atomic mass is 10.1. The highest BCUT2D eigenvalue weighted by molar-refractivity contribution is 6.02. The Bertz CT molecular complexity index is 1670. The molecule has 2 aliphatic rings. The van der Waals surface area contributed by atoms with E-state index in [1.54, 1.807) is 32.2 Å². The molecule has 2 atom stereocenters. The van der Waals surface area contributed by atoms with Gasteiger partial charge in [-0.1, -0.05) is 12.1 Å². The number of nitrogens with two attached hydrogens (primary N) is 1. The quantitative estimate of drug-likeness (QED) is 0.149. The number of nitrogens with one attached hydrogen (secondary N) is 2. The average Bonchev–Trinajstić information content (AvgIpc) is 3.39. The van der Waals surface area contributed by atoms with Crippen LogP contribution in [0.4, 0.5) is 8.78 Å². The van der Waals surface area contributed by atoms with E-state index in [1.165, 1.54) is 24.3 Å². The van der Waals surface area contributed by atoms with Gasteiger partial charge in [0.1, 0.15) is 29.6 Å². The first-order valence-corrected chi connectivity index (χ1v) is 14.0. The predicted molar refractivity (Wildman–Crippen MR) is 158 cm³/mol. The smallest absolute Gasteiger partial charge is 0.307 e. The van der Waals surface area contributed by atoms with Gasteiger partial charge in [-0.05, 0) is 37.3 Å². The summed E-state index contributed by atoms with van der Waals surface area (Å²) in [6, 6.07) is 9.54. The van der Waals surface area contributed by atoms with Crippen molar-refractivity contribution in [3.8, 4) is 28.9 Å². The summed E-state index contributed by atoms with van der Waals surface area (Å²) in [6.45, 7) is 3.08. The summed E-state index contributed by atoms with van der Waals surface area (Å²) in [5.74, 6) is -5.13. The van der Waals surface area contributed by atoms with Gasteiger partial charge in [0, 0.05) is 25.7 Å². The highest BCUT2D eigenvalue weighted by atomic mass is 19.1. The van der Waals surface area contributed by atoms with Crippen LogP contribution in [0.15, 0.2) is 53.7 Å². The number of rotatable bonds is 10. The zero-order valence-corrected chi connectivity index (χ0v) is 24.4. The minimum atomic E-state index is -1.28. The van der Waals surface area contributed by atoms with E-state index in [9.17, 15) is 19.1 Å². The number of likely N-dealkylation sites (N-methyl/N-ethyl adjacent to an activating group) is 1. The molecule has 2 unspecified atom stereocenters. The highest BCUT2D eigenvalue weighted by Crippen LogP contribution is 2.38. The van der Waals surface area contributed by atoms with Crippen molar-refractivity contribution in [2.24, 2.45) is 10.7 Å². The van der Waals surface area contributed by atoms with Crippen LogP contribution in [0.25, 0.3) is 0 Å². The van der Waals surface area contributed by atoms with Crippen molar-refractivity contribution in [3.63, 3.8) is 0 Å². The lowest BCUT2D eigenvalue weighted by Gasteiger charge is -2.37. The molecule has 1 fully saturated rings. The number of aliphatic imine (C=N–C) groups is 1. The molecule has 1 aromatic heterocycles. The van der Waals surface area contributed by atoms with Crippen LogP contribution in [-0.2, 0) is 14.3 Å². The number of phenolic OH excluding ortho intramolecular Hbond substituents is 1. The third-order valence-electron chi connectivity index (χ3n) is 7.21. The Morgan fingerprint density at radius 1 is 1.20 bits per heavy atom. The van der Waals surface area contributed by atoms with Crippen LogP contribution in [0.1, 0.15) is 24.5 Å². The number of nitrogens with zero attached hydrogens (tertiary/aromatic N) is 4. The number of nitrogen functional groups attached to an aromatic ring is 1. The predicted octanol–water partition coefficient (Wildman–Crippen LogP) is 2.71. The summed E-state index contributed by atoms with van der Waals surface area (Å²) in [5, 5.41) is 20.5. The maximum atomic E-state index is 15.6. The van der Waals surface area contributed by atoms with Gasteiger partial charge in [0.05, 0.1) is 31.3 Å². The molecule has 15 heteroatoms. The second-order valence-corrected chi connectivity index (χ2v) is 10.2. The van der Waals surface area contributed by atoms with E-state index in [2.05, 4.69) is 10.3 Å². The van der Waals surface area contributed by atoms with Crippen molar-refractivity contribution in [1.82, 2.24) is 20.1 Å². The normalized spacial score (nSPS) is 18.3. The monoisotopic (exact) mass is 623 g/mol. The van der Waals surface area contributed by atoms with E-state index in [0.29, 0.717) is 37.2 Å². The molecular weight excluding hydrogens is 592 g/mol. The molecule has 13 nitrogen and oxygen atoms in total. The molecular formula is C30H31F2N7O6. The molecule has 0 aliphatic carbocycles. The number of carbonyl (C=O) groups is 2. The number of aromatic hydroxyl groups is 1. The summed E-state index contributed by atoms with van der Waals surface area (Å²) in [6.07, 6.45) is 0.0748. The number of hydrogen-bond donors (Lipinski definition) is 4. The number of aromatic nitrogens is 1. The van der Waals surface area contributed by atoms with Gasteiger partial charge in [0.2, 0.25) is 17.5 Å². The van der Waals surface area contributed by atoms with Gasteiger partial charge in [-0.2, -0.15) is 4.39 Å². The van der Waals surface area contributed by atoms with E-state index in [1.807, 2.05) is 9.80 Å². The number of ether oxygens (including phenoxy) is 3. The summed E-state index contributed by atoms with van der Waals surface area (Å²) < 4.78 is 46.8. The Kier molecular flexibility index (Phi) is 9.08. The largest absolute Gasteiger partial charge is 0.504 e. The standard InChI is InChI=1S/C30H31F2N7O6/c1-3-43-24(41)13-19-29(42)35-10-11-39(19)23-15-38(2)28(37-23)17-6-4-5-7-21(17)44-26-18(31)14-36-30(25(26)32)45-22-12-16(27(33)34)8-9-20(22)40/h4-9,12,14,19,23,40H,3,10-11,13,15H2,1-2H3,(H3,33,34)(H,35,42). The fourth-order valence-corrected chi connectivity index (χ4v) is 5.06. The summed E-state index contributed by atoms with van der Waals surface area (Å²) >= 11 is 0. The van der Waals surface area contributed by atoms with Crippen molar-refractivity contribution in [3.05, 3.63) is 71.4 Å². The van der Waals surface area contributed by atoms with Crippen LogP contribution >= 0.6 is 0 Å². The Hall–Kier alpha value is -5.31. The van der Waals surface area contributed by atoms with Crippen LogP contribution in [0, 0.1) is 17.0 Å². The number of amidine groups is 2. The minimum absolute atomic E-state index is 0.0691. The van der Waals surface area contributed by atoms with Gasteiger partial charge in [-0.25, -0.2) is 14.4 Å². The van der Waals surface area contributed by atoms with Crippen LogP contribution in [0.5, 0.6) is 28.9 Å². The Morgan fingerprint density at radius 2 is 1.98 bits per heavy atom. The van der Waals surface area contributed by atoms with Crippen molar-refractivity contribution in [1.29, 1.82) is 5.41 Å². The van der Waals surface area contributed by atoms with Gasteiger partial charge in [0.15, 0.2) is 17.3 Å². The maximum absolute atomic E-state index is 15.6. The van der Waals surface area contributed by atoms with Crippen molar-refractivity contribution >= 4 is 23.5 Å². The highest BCUT2D eigenvalue weighted by Gasteiger charge is 2.39. The third kappa shape index (κ3) is 6.62. The zero-order chi connectivity index (χ0) is 32.2. The number of benzene rings is 2. The number of pyridine rings is 1. The number of amides is 1. The summed E-state index contributed by atoms with van der Waals surface area (Å²) in [7, 11) is 1.78. The topological polar surface area (TPSA) is 176 Å².